The van der Waals surface area contributed by atoms with E-state index in [2.05, 4.69) is 17.1 Å². The molecule has 94 valence electrons. The Hall–Kier alpha value is -0.830. The van der Waals surface area contributed by atoms with E-state index in [0.717, 1.165) is 50.2 Å². The van der Waals surface area contributed by atoms with E-state index in [-0.39, 0.29) is 5.92 Å². The van der Waals surface area contributed by atoms with Crippen LogP contribution in [0.3, 0.4) is 0 Å². The number of allylic oxidation sites excluding steroid dienone is 2. The number of rotatable bonds is 3. The fourth-order valence-corrected chi connectivity index (χ4v) is 3.86. The van der Waals surface area contributed by atoms with Crippen LogP contribution in [0.5, 0.6) is 0 Å². The second kappa shape index (κ2) is 4.45. The lowest BCUT2D eigenvalue weighted by atomic mass is 9.91. The van der Waals surface area contributed by atoms with Gasteiger partial charge in [-0.25, -0.2) is 0 Å². The zero-order valence-electron chi connectivity index (χ0n) is 10.2. The van der Waals surface area contributed by atoms with E-state index in [0.29, 0.717) is 0 Å². The molecular weight excluding hydrogens is 214 g/mol. The first kappa shape index (κ1) is 11.3. The second-order valence-corrected chi connectivity index (χ2v) is 5.98. The van der Waals surface area contributed by atoms with Crippen LogP contribution in [0, 0.1) is 23.7 Å². The maximum Gasteiger partial charge on any atom is 0.307 e. The summed E-state index contributed by atoms with van der Waals surface area (Å²) in [5.74, 6) is 1.66. The number of carboxylic acid groups (broad SMARTS) is 1. The SMILES string of the molecule is O=C(O)C1CCCN(CC2CC3C=CC2C3)C1. The summed E-state index contributed by atoms with van der Waals surface area (Å²) in [6, 6.07) is 0. The van der Waals surface area contributed by atoms with Crippen LogP contribution in [-0.4, -0.2) is 35.6 Å². The van der Waals surface area contributed by atoms with Crippen molar-refractivity contribution in [2.24, 2.45) is 23.7 Å². The van der Waals surface area contributed by atoms with Gasteiger partial charge in [-0.2, -0.15) is 0 Å². The predicted octanol–water partition coefficient (Wildman–Crippen LogP) is 2.00. The van der Waals surface area contributed by atoms with Crippen molar-refractivity contribution < 1.29 is 9.90 Å². The molecule has 4 atom stereocenters. The molecule has 0 amide bonds. The lowest BCUT2D eigenvalue weighted by Gasteiger charge is -2.34. The highest BCUT2D eigenvalue weighted by Crippen LogP contribution is 2.43. The van der Waals surface area contributed by atoms with E-state index in [1.165, 1.54) is 12.8 Å². The van der Waals surface area contributed by atoms with E-state index < -0.39 is 5.97 Å². The predicted molar refractivity (Wildman–Crippen MR) is 65.6 cm³/mol. The largest absolute Gasteiger partial charge is 0.481 e. The molecule has 2 fully saturated rings. The van der Waals surface area contributed by atoms with Gasteiger partial charge in [-0.3, -0.25) is 4.79 Å². The number of likely N-dealkylation sites (tertiary alicyclic amines) is 1. The minimum atomic E-state index is -0.609. The molecule has 1 N–H and O–H groups in total. The molecule has 1 heterocycles. The first-order valence-electron chi connectivity index (χ1n) is 6.86. The van der Waals surface area contributed by atoms with Crippen molar-refractivity contribution in [3.05, 3.63) is 12.2 Å². The van der Waals surface area contributed by atoms with Crippen LogP contribution in [0.2, 0.25) is 0 Å². The first-order valence-corrected chi connectivity index (χ1v) is 6.86. The third-order valence-electron chi connectivity index (χ3n) is 4.76. The Balaban J connectivity index is 1.55. The van der Waals surface area contributed by atoms with Gasteiger partial charge < -0.3 is 10.0 Å². The molecule has 3 rings (SSSR count). The van der Waals surface area contributed by atoms with Gasteiger partial charge in [-0.05, 0) is 50.0 Å². The zero-order valence-corrected chi connectivity index (χ0v) is 10.2. The van der Waals surface area contributed by atoms with Gasteiger partial charge in [0.25, 0.3) is 0 Å². The second-order valence-electron chi connectivity index (χ2n) is 5.98. The molecule has 1 aliphatic heterocycles. The van der Waals surface area contributed by atoms with Crippen LogP contribution in [-0.2, 0) is 4.79 Å². The van der Waals surface area contributed by atoms with Crippen LogP contribution in [0.25, 0.3) is 0 Å². The number of hydrogen-bond donors (Lipinski definition) is 1. The van der Waals surface area contributed by atoms with Crippen molar-refractivity contribution in [1.29, 1.82) is 0 Å². The molecule has 2 bridgehead atoms. The summed E-state index contributed by atoms with van der Waals surface area (Å²) in [6.07, 6.45) is 9.35. The van der Waals surface area contributed by atoms with Gasteiger partial charge in [-0.15, -0.1) is 0 Å². The van der Waals surface area contributed by atoms with E-state index >= 15 is 0 Å². The summed E-state index contributed by atoms with van der Waals surface area (Å²) in [6.45, 7) is 2.99. The van der Waals surface area contributed by atoms with Crippen LogP contribution in [0.15, 0.2) is 12.2 Å². The van der Waals surface area contributed by atoms with Crippen molar-refractivity contribution in [1.82, 2.24) is 4.90 Å². The lowest BCUT2D eigenvalue weighted by Crippen LogP contribution is -2.41. The third kappa shape index (κ3) is 2.25. The van der Waals surface area contributed by atoms with Gasteiger partial charge >= 0.3 is 5.97 Å². The molecule has 2 aliphatic carbocycles. The molecule has 0 spiro atoms. The number of fused-ring (bicyclic) bond motifs is 2. The van der Waals surface area contributed by atoms with E-state index in [1.807, 2.05) is 0 Å². The topological polar surface area (TPSA) is 40.5 Å². The molecule has 1 saturated heterocycles. The van der Waals surface area contributed by atoms with Crippen molar-refractivity contribution >= 4 is 5.97 Å². The minimum absolute atomic E-state index is 0.127. The fourth-order valence-electron chi connectivity index (χ4n) is 3.86. The van der Waals surface area contributed by atoms with Crippen molar-refractivity contribution in [2.45, 2.75) is 25.7 Å². The highest BCUT2D eigenvalue weighted by atomic mass is 16.4. The Morgan fingerprint density at radius 1 is 1.35 bits per heavy atom. The average molecular weight is 235 g/mol. The molecule has 0 aromatic heterocycles. The number of carbonyl (C=O) groups is 1. The highest BCUT2D eigenvalue weighted by molar-refractivity contribution is 5.70. The van der Waals surface area contributed by atoms with Gasteiger partial charge in [0, 0.05) is 13.1 Å². The molecule has 17 heavy (non-hydrogen) atoms. The minimum Gasteiger partial charge on any atom is -0.481 e. The molecule has 0 aromatic rings. The monoisotopic (exact) mass is 235 g/mol. The smallest absolute Gasteiger partial charge is 0.307 e. The van der Waals surface area contributed by atoms with Crippen molar-refractivity contribution in [3.63, 3.8) is 0 Å². The number of carboxylic acids is 1. The van der Waals surface area contributed by atoms with Crippen LogP contribution >= 0.6 is 0 Å². The molecule has 0 aromatic carbocycles. The van der Waals surface area contributed by atoms with Crippen LogP contribution < -0.4 is 0 Å². The lowest BCUT2D eigenvalue weighted by molar-refractivity contribution is -0.143. The first-order chi connectivity index (χ1) is 8.22. The summed E-state index contributed by atoms with van der Waals surface area (Å²) in [4.78, 5) is 13.4. The van der Waals surface area contributed by atoms with Crippen LogP contribution in [0.1, 0.15) is 25.7 Å². The van der Waals surface area contributed by atoms with Crippen LogP contribution in [0.4, 0.5) is 0 Å². The van der Waals surface area contributed by atoms with Gasteiger partial charge in [0.2, 0.25) is 0 Å². The molecule has 4 unspecified atom stereocenters. The molecule has 0 radical (unpaired) electrons. The summed E-state index contributed by atoms with van der Waals surface area (Å²) < 4.78 is 0. The number of piperidine rings is 1. The number of nitrogens with zero attached hydrogens (tertiary/aromatic N) is 1. The molecule has 3 aliphatic rings. The number of hydrogen-bond acceptors (Lipinski definition) is 2. The highest BCUT2D eigenvalue weighted by Gasteiger charge is 2.37. The number of aliphatic carboxylic acids is 1. The molecular formula is C14H21NO2. The van der Waals surface area contributed by atoms with E-state index in [9.17, 15) is 4.79 Å². The Labute approximate surface area is 102 Å². The van der Waals surface area contributed by atoms with E-state index in [1.54, 1.807) is 0 Å². The average Bonchev–Trinajstić information content (AvgIpc) is 2.91. The summed E-state index contributed by atoms with van der Waals surface area (Å²) in [5, 5.41) is 9.08. The van der Waals surface area contributed by atoms with Gasteiger partial charge in [-0.1, -0.05) is 12.2 Å². The third-order valence-corrected chi connectivity index (χ3v) is 4.76. The molecule has 1 saturated carbocycles. The summed E-state index contributed by atoms with van der Waals surface area (Å²) in [5.41, 5.74) is 0. The zero-order chi connectivity index (χ0) is 11.8. The fraction of sp³-hybridized carbons (Fsp3) is 0.786. The van der Waals surface area contributed by atoms with Gasteiger partial charge in [0.1, 0.15) is 0 Å². The Morgan fingerprint density at radius 3 is 2.88 bits per heavy atom. The molecule has 3 nitrogen and oxygen atoms in total. The van der Waals surface area contributed by atoms with Gasteiger partial charge in [0.15, 0.2) is 0 Å². The maximum absolute atomic E-state index is 11.0. The Kier molecular flexibility index (Phi) is 2.95. The van der Waals surface area contributed by atoms with Gasteiger partial charge in [0.05, 0.1) is 5.92 Å². The quantitative estimate of drug-likeness (QED) is 0.761. The Morgan fingerprint density at radius 2 is 2.24 bits per heavy atom. The van der Waals surface area contributed by atoms with E-state index in [4.69, 9.17) is 5.11 Å². The van der Waals surface area contributed by atoms with Crippen molar-refractivity contribution in [3.8, 4) is 0 Å². The maximum atomic E-state index is 11.0. The molecule has 3 heteroatoms. The standard InChI is InChI=1S/C14H21NO2/c16-14(17)12-2-1-5-15(8-12)9-13-7-10-3-4-11(13)6-10/h3-4,10-13H,1-2,5-9H2,(H,16,17). The normalized spacial score (nSPS) is 40.9. The Bertz CT molecular complexity index is 339. The summed E-state index contributed by atoms with van der Waals surface area (Å²) >= 11 is 0. The van der Waals surface area contributed by atoms with Crippen molar-refractivity contribution in [2.75, 3.05) is 19.6 Å². The summed E-state index contributed by atoms with van der Waals surface area (Å²) in [7, 11) is 0.